The molecule has 2 unspecified atom stereocenters. The van der Waals surface area contributed by atoms with Crippen LogP contribution in [-0.4, -0.2) is 57.5 Å². The van der Waals surface area contributed by atoms with Crippen LogP contribution in [0.2, 0.25) is 5.02 Å². The van der Waals surface area contributed by atoms with Crippen molar-refractivity contribution >= 4 is 23.5 Å². The maximum atomic E-state index is 12.9. The van der Waals surface area contributed by atoms with Crippen molar-refractivity contribution in [1.29, 1.82) is 0 Å². The molecule has 132 valence electrons. The van der Waals surface area contributed by atoms with E-state index in [4.69, 9.17) is 16.3 Å². The smallest absolute Gasteiger partial charge is 0.326 e. The van der Waals surface area contributed by atoms with Gasteiger partial charge in [0.05, 0.1) is 34.3 Å². The van der Waals surface area contributed by atoms with Gasteiger partial charge in [0, 0.05) is 20.1 Å². The fraction of sp³-hybridized carbons (Fsp3) is 0.353. The van der Waals surface area contributed by atoms with Crippen LogP contribution in [0.3, 0.4) is 0 Å². The van der Waals surface area contributed by atoms with Crippen molar-refractivity contribution in [2.75, 3.05) is 13.7 Å². The lowest BCUT2D eigenvalue weighted by Crippen LogP contribution is -2.40. The molecule has 25 heavy (non-hydrogen) atoms. The maximum Gasteiger partial charge on any atom is 0.326 e. The standard InChI is InChI=1S/C17H18ClN3O4/c1-10-12(8-19-21(10)14-6-4-3-5-13(14)18)16(22)20-9-11(25-2)7-15(20)17(23)24/h3-6,8,11,15H,7,9H2,1-2H3,(H,23,24). The number of methoxy groups -OCH3 is 1. The summed E-state index contributed by atoms with van der Waals surface area (Å²) in [5.74, 6) is -1.41. The summed E-state index contributed by atoms with van der Waals surface area (Å²) in [6.45, 7) is 1.99. The average molecular weight is 364 g/mol. The van der Waals surface area contributed by atoms with Crippen LogP contribution in [0.4, 0.5) is 0 Å². The molecule has 7 nitrogen and oxygen atoms in total. The zero-order valence-corrected chi connectivity index (χ0v) is 14.6. The van der Waals surface area contributed by atoms with Gasteiger partial charge in [-0.2, -0.15) is 5.10 Å². The zero-order valence-electron chi connectivity index (χ0n) is 13.8. The lowest BCUT2D eigenvalue weighted by atomic mass is 10.2. The van der Waals surface area contributed by atoms with Gasteiger partial charge in [-0.1, -0.05) is 23.7 Å². The molecule has 2 heterocycles. The van der Waals surface area contributed by atoms with E-state index >= 15 is 0 Å². The van der Waals surface area contributed by atoms with Crippen molar-refractivity contribution in [2.45, 2.75) is 25.5 Å². The monoisotopic (exact) mass is 363 g/mol. The minimum atomic E-state index is -1.04. The number of amides is 1. The highest BCUT2D eigenvalue weighted by Gasteiger charge is 2.40. The molecule has 0 bridgehead atoms. The van der Waals surface area contributed by atoms with Crippen LogP contribution in [0.1, 0.15) is 22.5 Å². The number of carboxylic acids is 1. The van der Waals surface area contributed by atoms with Crippen molar-refractivity contribution in [1.82, 2.24) is 14.7 Å². The van der Waals surface area contributed by atoms with Gasteiger partial charge in [-0.25, -0.2) is 9.48 Å². The van der Waals surface area contributed by atoms with E-state index in [1.807, 2.05) is 12.1 Å². The molecule has 1 fully saturated rings. The molecule has 1 N–H and O–H groups in total. The molecule has 3 rings (SSSR count). The quantitative estimate of drug-likeness (QED) is 0.899. The number of ether oxygens (including phenoxy) is 1. The summed E-state index contributed by atoms with van der Waals surface area (Å²) < 4.78 is 6.81. The first-order chi connectivity index (χ1) is 11.9. The number of rotatable bonds is 4. The van der Waals surface area contributed by atoms with Gasteiger partial charge < -0.3 is 14.7 Å². The van der Waals surface area contributed by atoms with Crippen LogP contribution < -0.4 is 0 Å². The first-order valence-electron chi connectivity index (χ1n) is 7.80. The Morgan fingerprint density at radius 3 is 2.72 bits per heavy atom. The molecule has 1 aliphatic rings. The summed E-state index contributed by atoms with van der Waals surface area (Å²) in [7, 11) is 1.51. The molecule has 0 spiro atoms. The molecule has 8 heteroatoms. The van der Waals surface area contributed by atoms with Crippen molar-refractivity contribution < 1.29 is 19.4 Å². The maximum absolute atomic E-state index is 12.9. The normalized spacial score (nSPS) is 20.0. The second-order valence-corrected chi connectivity index (χ2v) is 6.32. The van der Waals surface area contributed by atoms with Gasteiger partial charge in [-0.05, 0) is 19.1 Å². The van der Waals surface area contributed by atoms with E-state index in [1.54, 1.807) is 23.7 Å². The molecule has 1 saturated heterocycles. The Morgan fingerprint density at radius 1 is 1.36 bits per heavy atom. The van der Waals surface area contributed by atoms with Gasteiger partial charge in [0.25, 0.3) is 5.91 Å². The molecule has 0 saturated carbocycles. The zero-order chi connectivity index (χ0) is 18.1. The molecule has 0 radical (unpaired) electrons. The number of nitrogens with zero attached hydrogens (tertiary/aromatic N) is 3. The van der Waals surface area contributed by atoms with Gasteiger partial charge in [0.15, 0.2) is 0 Å². The topological polar surface area (TPSA) is 84.7 Å². The van der Waals surface area contributed by atoms with E-state index in [0.717, 1.165) is 0 Å². The molecule has 1 amide bonds. The minimum absolute atomic E-state index is 0.239. The van der Waals surface area contributed by atoms with Gasteiger partial charge in [0.2, 0.25) is 0 Å². The molecule has 1 aromatic heterocycles. The van der Waals surface area contributed by atoms with Crippen LogP contribution in [0.25, 0.3) is 5.69 Å². The Labute approximate surface area is 149 Å². The second kappa shape index (κ2) is 6.85. The van der Waals surface area contributed by atoms with E-state index in [-0.39, 0.29) is 25.0 Å². The van der Waals surface area contributed by atoms with Crippen LogP contribution in [0.15, 0.2) is 30.5 Å². The fourth-order valence-corrected chi connectivity index (χ4v) is 3.28. The van der Waals surface area contributed by atoms with E-state index in [1.165, 1.54) is 18.2 Å². The molecule has 1 aromatic carbocycles. The largest absolute Gasteiger partial charge is 0.480 e. The van der Waals surface area contributed by atoms with Gasteiger partial charge in [0.1, 0.15) is 6.04 Å². The highest BCUT2D eigenvalue weighted by atomic mass is 35.5. The van der Waals surface area contributed by atoms with Gasteiger partial charge in [-0.3, -0.25) is 4.79 Å². The van der Waals surface area contributed by atoms with Gasteiger partial charge >= 0.3 is 5.97 Å². The Morgan fingerprint density at radius 2 is 2.08 bits per heavy atom. The number of para-hydroxylation sites is 1. The number of aliphatic carboxylic acids is 1. The SMILES string of the molecule is COC1CC(C(=O)O)N(C(=O)c2cnn(-c3ccccc3Cl)c2C)C1. The van der Waals surface area contributed by atoms with E-state index in [0.29, 0.717) is 22.0 Å². The molecular weight excluding hydrogens is 346 g/mol. The summed E-state index contributed by atoms with van der Waals surface area (Å²) in [4.78, 5) is 25.7. The Balaban J connectivity index is 1.94. The molecule has 2 atom stereocenters. The predicted octanol–water partition coefficient (Wildman–Crippen LogP) is 2.15. The summed E-state index contributed by atoms with van der Waals surface area (Å²) >= 11 is 6.20. The molecule has 2 aromatic rings. The number of carbonyl (C=O) groups excluding carboxylic acids is 1. The Hall–Kier alpha value is -2.38. The predicted molar refractivity (Wildman–Crippen MR) is 91.2 cm³/mol. The molecule has 1 aliphatic heterocycles. The number of hydrogen-bond acceptors (Lipinski definition) is 4. The summed E-state index contributed by atoms with van der Waals surface area (Å²) in [5.41, 5.74) is 1.61. The van der Waals surface area contributed by atoms with Gasteiger partial charge in [-0.15, -0.1) is 0 Å². The Kier molecular flexibility index (Phi) is 4.78. The van der Waals surface area contributed by atoms with Crippen LogP contribution in [-0.2, 0) is 9.53 Å². The first-order valence-corrected chi connectivity index (χ1v) is 8.18. The van der Waals surface area contributed by atoms with Crippen LogP contribution in [0.5, 0.6) is 0 Å². The average Bonchev–Trinajstić information content (AvgIpc) is 3.19. The van der Waals surface area contributed by atoms with Crippen molar-refractivity contribution in [3.63, 3.8) is 0 Å². The number of carboxylic acid groups (broad SMARTS) is 1. The lowest BCUT2D eigenvalue weighted by molar-refractivity contribution is -0.141. The van der Waals surface area contributed by atoms with E-state index in [9.17, 15) is 14.7 Å². The summed E-state index contributed by atoms with van der Waals surface area (Å²) in [6, 6.07) is 6.27. The number of carbonyl (C=O) groups is 2. The van der Waals surface area contributed by atoms with Crippen molar-refractivity contribution in [2.24, 2.45) is 0 Å². The highest BCUT2D eigenvalue weighted by molar-refractivity contribution is 6.32. The highest BCUT2D eigenvalue weighted by Crippen LogP contribution is 2.26. The minimum Gasteiger partial charge on any atom is -0.480 e. The van der Waals surface area contributed by atoms with Crippen LogP contribution >= 0.6 is 11.6 Å². The number of aromatic nitrogens is 2. The van der Waals surface area contributed by atoms with E-state index in [2.05, 4.69) is 5.10 Å². The third kappa shape index (κ3) is 3.12. The lowest BCUT2D eigenvalue weighted by Gasteiger charge is -2.21. The van der Waals surface area contributed by atoms with E-state index < -0.39 is 12.0 Å². The number of likely N-dealkylation sites (tertiary alicyclic amines) is 1. The molecule has 0 aliphatic carbocycles. The number of benzene rings is 1. The van der Waals surface area contributed by atoms with Crippen molar-refractivity contribution in [3.05, 3.63) is 46.7 Å². The number of hydrogen-bond donors (Lipinski definition) is 1. The van der Waals surface area contributed by atoms with Crippen molar-refractivity contribution in [3.8, 4) is 5.69 Å². The van der Waals surface area contributed by atoms with Crippen LogP contribution in [0, 0.1) is 6.92 Å². The third-order valence-corrected chi connectivity index (χ3v) is 4.78. The Bertz CT molecular complexity index is 820. The third-order valence-electron chi connectivity index (χ3n) is 4.46. The summed E-state index contributed by atoms with van der Waals surface area (Å²) in [6.07, 6.45) is 1.43. The molecular formula is C17H18ClN3O4. The fourth-order valence-electron chi connectivity index (χ4n) is 3.07. The first kappa shape index (κ1) is 17.4. The summed E-state index contributed by atoms with van der Waals surface area (Å²) in [5, 5.41) is 14.2. The number of halogens is 1. The second-order valence-electron chi connectivity index (χ2n) is 5.91.